The number of urea groups is 1. The third-order valence-corrected chi connectivity index (χ3v) is 4.66. The molecule has 2 aliphatic rings. The lowest BCUT2D eigenvalue weighted by Crippen LogP contribution is -2.47. The van der Waals surface area contributed by atoms with Gasteiger partial charge in [-0.25, -0.2) is 4.79 Å². The van der Waals surface area contributed by atoms with Gasteiger partial charge in [0.05, 0.1) is 6.54 Å². The molecule has 134 valence electrons. The van der Waals surface area contributed by atoms with E-state index in [9.17, 15) is 14.4 Å². The van der Waals surface area contributed by atoms with Crippen LogP contribution in [0.1, 0.15) is 24.0 Å². The topological polar surface area (TPSA) is 79.0 Å². The monoisotopic (exact) mass is 345 g/mol. The molecule has 2 saturated heterocycles. The van der Waals surface area contributed by atoms with Gasteiger partial charge in [0.1, 0.15) is 18.4 Å². The number of aryl methyl sites for hydroxylation is 2. The fraction of sp³-hybridized carbons (Fsp3) is 0.500. The second-order valence-corrected chi connectivity index (χ2v) is 6.61. The van der Waals surface area contributed by atoms with E-state index in [-0.39, 0.29) is 31.0 Å². The number of nitrogens with one attached hydrogen (secondary N) is 1. The summed E-state index contributed by atoms with van der Waals surface area (Å²) in [7, 11) is 0. The first-order chi connectivity index (χ1) is 11.9. The number of ether oxygens (including phenoxy) is 1. The summed E-state index contributed by atoms with van der Waals surface area (Å²) in [5.41, 5.74) is 2.25. The minimum absolute atomic E-state index is 0.0299. The average Bonchev–Trinajstić information content (AvgIpc) is 2.91. The van der Waals surface area contributed by atoms with Gasteiger partial charge in [-0.1, -0.05) is 12.1 Å². The standard InChI is InChI=1S/C18H23N3O4/c1-12-3-4-13(2)15(9-12)25-14-5-7-20(8-6-14)17(23)11-21-16(22)10-19-18(21)24/h3-4,9,14H,5-8,10-11H2,1-2H3,(H,19,24). The highest BCUT2D eigenvalue weighted by Gasteiger charge is 2.32. The van der Waals surface area contributed by atoms with E-state index < -0.39 is 6.03 Å². The minimum Gasteiger partial charge on any atom is -0.490 e. The molecule has 2 fully saturated rings. The van der Waals surface area contributed by atoms with E-state index >= 15 is 0 Å². The number of carbonyl (C=O) groups excluding carboxylic acids is 3. The van der Waals surface area contributed by atoms with Crippen LogP contribution in [0, 0.1) is 13.8 Å². The maximum absolute atomic E-state index is 12.3. The zero-order valence-corrected chi connectivity index (χ0v) is 14.6. The molecule has 0 radical (unpaired) electrons. The van der Waals surface area contributed by atoms with Crippen LogP contribution in [-0.2, 0) is 9.59 Å². The van der Waals surface area contributed by atoms with E-state index in [1.807, 2.05) is 26.0 Å². The largest absolute Gasteiger partial charge is 0.490 e. The molecule has 2 heterocycles. The Balaban J connectivity index is 1.51. The number of carbonyl (C=O) groups is 3. The third-order valence-electron chi connectivity index (χ3n) is 4.66. The van der Waals surface area contributed by atoms with E-state index in [1.165, 1.54) is 0 Å². The maximum atomic E-state index is 12.3. The number of rotatable bonds is 4. The van der Waals surface area contributed by atoms with Crippen molar-refractivity contribution in [3.8, 4) is 5.75 Å². The van der Waals surface area contributed by atoms with Gasteiger partial charge in [0.2, 0.25) is 5.91 Å². The van der Waals surface area contributed by atoms with E-state index in [0.717, 1.165) is 34.6 Å². The van der Waals surface area contributed by atoms with Crippen molar-refractivity contribution < 1.29 is 19.1 Å². The smallest absolute Gasteiger partial charge is 0.325 e. The van der Waals surface area contributed by atoms with Crippen molar-refractivity contribution in [1.29, 1.82) is 0 Å². The fourth-order valence-electron chi connectivity index (χ4n) is 3.09. The average molecular weight is 345 g/mol. The summed E-state index contributed by atoms with van der Waals surface area (Å²) in [5.74, 6) is 0.339. The van der Waals surface area contributed by atoms with Crippen LogP contribution in [0.25, 0.3) is 0 Å². The van der Waals surface area contributed by atoms with Crippen LogP contribution in [0.3, 0.4) is 0 Å². The van der Waals surface area contributed by atoms with Gasteiger partial charge in [0.15, 0.2) is 0 Å². The molecule has 1 aromatic rings. The number of hydrogen-bond donors (Lipinski definition) is 1. The van der Waals surface area contributed by atoms with E-state index in [0.29, 0.717) is 13.1 Å². The van der Waals surface area contributed by atoms with Gasteiger partial charge in [-0.3, -0.25) is 14.5 Å². The van der Waals surface area contributed by atoms with Crippen LogP contribution < -0.4 is 10.1 Å². The van der Waals surface area contributed by atoms with E-state index in [1.54, 1.807) is 4.90 Å². The summed E-state index contributed by atoms with van der Waals surface area (Å²) in [5, 5.41) is 2.42. The minimum atomic E-state index is -0.494. The van der Waals surface area contributed by atoms with Gasteiger partial charge in [0.25, 0.3) is 5.91 Å². The van der Waals surface area contributed by atoms with Crippen molar-refractivity contribution in [3.63, 3.8) is 0 Å². The first-order valence-electron chi connectivity index (χ1n) is 8.54. The molecule has 4 amide bonds. The van der Waals surface area contributed by atoms with Gasteiger partial charge in [-0.2, -0.15) is 0 Å². The second kappa shape index (κ2) is 7.13. The van der Waals surface area contributed by atoms with E-state index in [2.05, 4.69) is 11.4 Å². The van der Waals surface area contributed by atoms with Crippen LogP contribution >= 0.6 is 0 Å². The molecule has 0 bridgehead atoms. The Hall–Kier alpha value is -2.57. The Morgan fingerprint density at radius 1 is 1.24 bits per heavy atom. The summed E-state index contributed by atoms with van der Waals surface area (Å²) >= 11 is 0. The molecule has 3 rings (SSSR count). The van der Waals surface area contributed by atoms with Crippen molar-refractivity contribution in [2.24, 2.45) is 0 Å². The number of nitrogens with zero attached hydrogens (tertiary/aromatic N) is 2. The fourth-order valence-corrected chi connectivity index (χ4v) is 3.09. The van der Waals surface area contributed by atoms with Crippen LogP contribution in [-0.4, -0.2) is 59.9 Å². The molecule has 0 spiro atoms. The first kappa shape index (κ1) is 17.3. The summed E-state index contributed by atoms with van der Waals surface area (Å²) in [6.45, 7) is 4.97. The molecule has 7 nitrogen and oxygen atoms in total. The Morgan fingerprint density at radius 2 is 1.96 bits per heavy atom. The van der Waals surface area contributed by atoms with Crippen molar-refractivity contribution in [1.82, 2.24) is 15.1 Å². The highest BCUT2D eigenvalue weighted by molar-refractivity contribution is 6.04. The Bertz CT molecular complexity index is 680. The summed E-state index contributed by atoms with van der Waals surface area (Å²) < 4.78 is 6.10. The maximum Gasteiger partial charge on any atom is 0.325 e. The van der Waals surface area contributed by atoms with Gasteiger partial charge >= 0.3 is 6.03 Å². The predicted octanol–water partition coefficient (Wildman–Crippen LogP) is 1.23. The Morgan fingerprint density at radius 3 is 2.60 bits per heavy atom. The number of amides is 4. The lowest BCUT2D eigenvalue weighted by molar-refractivity contribution is -0.137. The lowest BCUT2D eigenvalue weighted by Gasteiger charge is -2.33. The predicted molar refractivity (Wildman–Crippen MR) is 91.3 cm³/mol. The lowest BCUT2D eigenvalue weighted by atomic mass is 10.1. The SMILES string of the molecule is Cc1ccc(C)c(OC2CCN(C(=O)CN3C(=O)CNC3=O)CC2)c1. The quantitative estimate of drug-likeness (QED) is 0.833. The van der Waals surface area contributed by atoms with Crippen molar-refractivity contribution >= 4 is 17.8 Å². The molecule has 1 N–H and O–H groups in total. The number of benzene rings is 1. The zero-order chi connectivity index (χ0) is 18.0. The molecule has 25 heavy (non-hydrogen) atoms. The molecule has 7 heteroatoms. The van der Waals surface area contributed by atoms with Crippen LogP contribution in [0.15, 0.2) is 18.2 Å². The number of hydrogen-bond acceptors (Lipinski definition) is 4. The molecule has 0 aliphatic carbocycles. The van der Waals surface area contributed by atoms with Crippen LogP contribution in [0.2, 0.25) is 0 Å². The van der Waals surface area contributed by atoms with Crippen molar-refractivity contribution in [2.45, 2.75) is 32.8 Å². The molecule has 0 unspecified atom stereocenters. The molecular weight excluding hydrogens is 322 g/mol. The Labute approximate surface area is 146 Å². The number of likely N-dealkylation sites (tertiary alicyclic amines) is 1. The van der Waals surface area contributed by atoms with Gasteiger partial charge in [-0.15, -0.1) is 0 Å². The van der Waals surface area contributed by atoms with Crippen molar-refractivity contribution in [3.05, 3.63) is 29.3 Å². The van der Waals surface area contributed by atoms with Gasteiger partial charge in [0, 0.05) is 25.9 Å². The highest BCUT2D eigenvalue weighted by atomic mass is 16.5. The first-order valence-corrected chi connectivity index (χ1v) is 8.54. The Kier molecular flexibility index (Phi) is 4.92. The number of piperidine rings is 1. The highest BCUT2D eigenvalue weighted by Crippen LogP contribution is 2.24. The van der Waals surface area contributed by atoms with Gasteiger partial charge < -0.3 is 15.0 Å². The number of imide groups is 1. The van der Waals surface area contributed by atoms with Gasteiger partial charge in [-0.05, 0) is 31.0 Å². The molecule has 1 aromatic carbocycles. The van der Waals surface area contributed by atoms with Crippen LogP contribution in [0.5, 0.6) is 5.75 Å². The zero-order valence-electron chi connectivity index (χ0n) is 14.6. The summed E-state index contributed by atoms with van der Waals surface area (Å²) in [4.78, 5) is 38.1. The second-order valence-electron chi connectivity index (χ2n) is 6.61. The normalized spacial score (nSPS) is 18.5. The molecule has 2 aliphatic heterocycles. The molecular formula is C18H23N3O4. The van der Waals surface area contributed by atoms with Crippen LogP contribution in [0.4, 0.5) is 4.79 Å². The summed E-state index contributed by atoms with van der Waals surface area (Å²) in [6.07, 6.45) is 1.54. The summed E-state index contributed by atoms with van der Waals surface area (Å²) in [6, 6.07) is 5.64. The molecule has 0 aromatic heterocycles. The van der Waals surface area contributed by atoms with Crippen molar-refractivity contribution in [2.75, 3.05) is 26.2 Å². The van der Waals surface area contributed by atoms with E-state index in [4.69, 9.17) is 4.74 Å². The third kappa shape index (κ3) is 3.92. The molecule has 0 saturated carbocycles. The molecule has 0 atom stereocenters.